The van der Waals surface area contributed by atoms with Gasteiger partial charge in [0.05, 0.1) is 0 Å². The molecule has 1 nitrogen and oxygen atoms in total. The zero-order valence-electron chi connectivity index (χ0n) is 11.5. The van der Waals surface area contributed by atoms with Crippen LogP contribution in [0, 0.1) is 0 Å². The van der Waals surface area contributed by atoms with E-state index in [-0.39, 0.29) is 0 Å². The SMILES string of the molecule is C[C@@H]1CC2(CCCCCC2)NCc2ccccc21. The van der Waals surface area contributed by atoms with E-state index >= 15 is 0 Å². The van der Waals surface area contributed by atoms with E-state index in [1.165, 1.54) is 50.5 Å². The molecule has 1 atom stereocenters. The third-order valence-electron chi connectivity index (χ3n) is 5.00. The van der Waals surface area contributed by atoms with Crippen LogP contribution >= 0.6 is 0 Å². The van der Waals surface area contributed by atoms with Gasteiger partial charge in [-0.05, 0) is 36.3 Å². The minimum atomic E-state index is 0.426. The third kappa shape index (κ3) is 2.33. The van der Waals surface area contributed by atoms with Crippen molar-refractivity contribution in [1.82, 2.24) is 5.32 Å². The van der Waals surface area contributed by atoms with Crippen molar-refractivity contribution in [3.63, 3.8) is 0 Å². The Labute approximate surface area is 111 Å². The lowest BCUT2D eigenvalue weighted by Gasteiger charge is -2.34. The van der Waals surface area contributed by atoms with Crippen molar-refractivity contribution in [2.45, 2.75) is 69.9 Å². The maximum atomic E-state index is 3.92. The number of rotatable bonds is 0. The topological polar surface area (TPSA) is 12.0 Å². The molecule has 1 aromatic rings. The molecule has 2 aliphatic rings. The lowest BCUT2D eigenvalue weighted by molar-refractivity contribution is 0.256. The summed E-state index contributed by atoms with van der Waals surface area (Å²) in [6.07, 6.45) is 9.78. The van der Waals surface area contributed by atoms with E-state index in [0.29, 0.717) is 11.5 Å². The molecule has 0 bridgehead atoms. The molecule has 1 aliphatic heterocycles. The van der Waals surface area contributed by atoms with Crippen LogP contribution in [0.25, 0.3) is 0 Å². The fourth-order valence-corrected chi connectivity index (χ4v) is 4.01. The number of hydrogen-bond donors (Lipinski definition) is 1. The molecule has 1 heterocycles. The van der Waals surface area contributed by atoms with Crippen LogP contribution in [0.3, 0.4) is 0 Å². The Balaban J connectivity index is 1.86. The predicted octanol–water partition coefficient (Wildman–Crippen LogP) is 4.38. The van der Waals surface area contributed by atoms with E-state index in [4.69, 9.17) is 0 Å². The van der Waals surface area contributed by atoms with Crippen molar-refractivity contribution < 1.29 is 0 Å². The molecule has 98 valence electrons. The standard InChI is InChI=1S/C17H25N/c1-14-12-17(10-6-2-3-7-11-17)18-13-15-8-4-5-9-16(14)15/h4-5,8-9,14,18H,2-3,6-7,10-13H2,1H3/t14-/m1/s1. The third-order valence-corrected chi connectivity index (χ3v) is 5.00. The summed E-state index contributed by atoms with van der Waals surface area (Å²) in [6.45, 7) is 3.49. The minimum absolute atomic E-state index is 0.426. The molecule has 0 aromatic heterocycles. The highest BCUT2D eigenvalue weighted by Gasteiger charge is 2.34. The number of benzene rings is 1. The summed E-state index contributed by atoms with van der Waals surface area (Å²) in [4.78, 5) is 0. The van der Waals surface area contributed by atoms with Gasteiger partial charge in [0.15, 0.2) is 0 Å². The summed E-state index contributed by atoms with van der Waals surface area (Å²) in [5.41, 5.74) is 3.52. The average Bonchev–Trinajstić information content (AvgIpc) is 2.69. The molecule has 0 amide bonds. The van der Waals surface area contributed by atoms with Gasteiger partial charge < -0.3 is 5.32 Å². The summed E-state index contributed by atoms with van der Waals surface area (Å²) in [5, 5.41) is 3.92. The largest absolute Gasteiger partial charge is 0.307 e. The van der Waals surface area contributed by atoms with Crippen LogP contribution in [0.5, 0.6) is 0 Å². The summed E-state index contributed by atoms with van der Waals surface area (Å²) < 4.78 is 0. The normalized spacial score (nSPS) is 27.3. The quantitative estimate of drug-likeness (QED) is 0.713. The molecular weight excluding hydrogens is 218 g/mol. The fourth-order valence-electron chi connectivity index (χ4n) is 4.01. The number of hydrogen-bond acceptors (Lipinski definition) is 1. The first-order valence-electron chi connectivity index (χ1n) is 7.62. The van der Waals surface area contributed by atoms with Gasteiger partial charge in [-0.1, -0.05) is 56.9 Å². The lowest BCUT2D eigenvalue weighted by Crippen LogP contribution is -2.44. The van der Waals surface area contributed by atoms with Crippen molar-refractivity contribution in [3.8, 4) is 0 Å². The summed E-state index contributed by atoms with van der Waals surface area (Å²) in [6, 6.07) is 9.00. The van der Waals surface area contributed by atoms with Gasteiger partial charge in [-0.2, -0.15) is 0 Å². The van der Waals surface area contributed by atoms with Crippen LogP contribution in [0.15, 0.2) is 24.3 Å². The minimum Gasteiger partial charge on any atom is -0.307 e. The zero-order valence-corrected chi connectivity index (χ0v) is 11.5. The lowest BCUT2D eigenvalue weighted by atomic mass is 9.80. The monoisotopic (exact) mass is 243 g/mol. The second-order valence-corrected chi connectivity index (χ2v) is 6.35. The molecular formula is C17H25N. The molecule has 1 N–H and O–H groups in total. The van der Waals surface area contributed by atoms with Crippen molar-refractivity contribution >= 4 is 0 Å². The van der Waals surface area contributed by atoms with Gasteiger partial charge in [-0.3, -0.25) is 0 Å². The maximum absolute atomic E-state index is 3.92. The molecule has 1 aromatic carbocycles. The average molecular weight is 243 g/mol. The Bertz CT molecular complexity index is 402. The van der Waals surface area contributed by atoms with Gasteiger partial charge in [0.25, 0.3) is 0 Å². The first-order chi connectivity index (χ1) is 8.79. The Morgan fingerprint density at radius 2 is 1.78 bits per heavy atom. The first-order valence-corrected chi connectivity index (χ1v) is 7.62. The summed E-state index contributed by atoms with van der Waals surface area (Å²) in [5.74, 6) is 0.703. The fraction of sp³-hybridized carbons (Fsp3) is 0.647. The van der Waals surface area contributed by atoms with Crippen LogP contribution in [-0.2, 0) is 6.54 Å². The molecule has 0 radical (unpaired) electrons. The van der Waals surface area contributed by atoms with Crippen LogP contribution < -0.4 is 5.32 Å². The van der Waals surface area contributed by atoms with Crippen molar-refractivity contribution in [2.24, 2.45) is 0 Å². The van der Waals surface area contributed by atoms with Crippen molar-refractivity contribution in [1.29, 1.82) is 0 Å². The molecule has 1 aliphatic carbocycles. The van der Waals surface area contributed by atoms with E-state index in [9.17, 15) is 0 Å². The van der Waals surface area contributed by atoms with Gasteiger partial charge in [0, 0.05) is 12.1 Å². The highest BCUT2D eigenvalue weighted by atomic mass is 15.0. The molecule has 1 saturated carbocycles. The van der Waals surface area contributed by atoms with E-state index < -0.39 is 0 Å². The molecule has 3 rings (SSSR count). The summed E-state index contributed by atoms with van der Waals surface area (Å²) >= 11 is 0. The molecule has 0 unspecified atom stereocenters. The van der Waals surface area contributed by atoms with Gasteiger partial charge in [-0.15, -0.1) is 0 Å². The van der Waals surface area contributed by atoms with Crippen LogP contribution in [0.4, 0.5) is 0 Å². The van der Waals surface area contributed by atoms with E-state index in [1.807, 2.05) is 0 Å². The predicted molar refractivity (Wildman–Crippen MR) is 76.7 cm³/mol. The molecule has 0 saturated heterocycles. The second-order valence-electron chi connectivity index (χ2n) is 6.35. The van der Waals surface area contributed by atoms with Crippen molar-refractivity contribution in [2.75, 3.05) is 0 Å². The second kappa shape index (κ2) is 5.05. The number of fused-ring (bicyclic) bond motifs is 1. The Hall–Kier alpha value is -0.820. The number of nitrogens with one attached hydrogen (secondary N) is 1. The Morgan fingerprint density at radius 3 is 2.56 bits per heavy atom. The van der Waals surface area contributed by atoms with Crippen LogP contribution in [-0.4, -0.2) is 5.54 Å². The van der Waals surface area contributed by atoms with E-state index in [1.54, 1.807) is 5.56 Å². The zero-order chi connectivity index (χ0) is 12.4. The molecule has 1 spiro atoms. The van der Waals surface area contributed by atoms with Gasteiger partial charge >= 0.3 is 0 Å². The first kappa shape index (κ1) is 12.2. The molecule has 18 heavy (non-hydrogen) atoms. The smallest absolute Gasteiger partial charge is 0.0213 e. The maximum Gasteiger partial charge on any atom is 0.0213 e. The van der Waals surface area contributed by atoms with Gasteiger partial charge in [-0.25, -0.2) is 0 Å². The Kier molecular flexibility index (Phi) is 3.43. The highest BCUT2D eigenvalue weighted by molar-refractivity contribution is 5.32. The van der Waals surface area contributed by atoms with Crippen LogP contribution in [0.1, 0.15) is 68.9 Å². The summed E-state index contributed by atoms with van der Waals surface area (Å²) in [7, 11) is 0. The van der Waals surface area contributed by atoms with Crippen molar-refractivity contribution in [3.05, 3.63) is 35.4 Å². The van der Waals surface area contributed by atoms with Gasteiger partial charge in [0.1, 0.15) is 0 Å². The molecule has 1 fully saturated rings. The Morgan fingerprint density at radius 1 is 1.06 bits per heavy atom. The van der Waals surface area contributed by atoms with E-state index in [2.05, 4.69) is 36.5 Å². The van der Waals surface area contributed by atoms with Crippen LogP contribution in [0.2, 0.25) is 0 Å². The molecule has 1 heteroatoms. The highest BCUT2D eigenvalue weighted by Crippen LogP contribution is 2.39. The van der Waals surface area contributed by atoms with E-state index in [0.717, 1.165) is 6.54 Å². The van der Waals surface area contributed by atoms with Gasteiger partial charge in [0.2, 0.25) is 0 Å².